The van der Waals surface area contributed by atoms with Crippen LogP contribution in [0.2, 0.25) is 0 Å². The van der Waals surface area contributed by atoms with Gasteiger partial charge in [0.25, 0.3) is 0 Å². The molecule has 2 amide bonds. The lowest BCUT2D eigenvalue weighted by molar-refractivity contribution is 0.0255. The Morgan fingerprint density at radius 3 is 1.91 bits per heavy atom. The van der Waals surface area contributed by atoms with E-state index in [0.717, 1.165) is 31.6 Å². The summed E-state index contributed by atoms with van der Waals surface area (Å²) < 4.78 is 10.6. The molecule has 178 valence electrons. The largest absolute Gasteiger partial charge is 0.444 e. The van der Waals surface area contributed by atoms with Crippen LogP contribution in [0.25, 0.3) is 0 Å². The Labute approximate surface area is 192 Å². The first kappa shape index (κ1) is 24.4. The maximum absolute atomic E-state index is 11.9. The lowest BCUT2D eigenvalue weighted by atomic mass is 9.80. The van der Waals surface area contributed by atoms with E-state index in [2.05, 4.69) is 27.7 Å². The van der Waals surface area contributed by atoms with Crippen LogP contribution in [-0.4, -0.2) is 53.5 Å². The molecule has 0 aromatic heterocycles. The monoisotopic (exact) mass is 445 g/mol. The molecular formula is C25H39N3O4. The third-order valence-corrected chi connectivity index (χ3v) is 5.87. The Kier molecular flexibility index (Phi) is 7.38. The van der Waals surface area contributed by atoms with Crippen LogP contribution in [0.4, 0.5) is 15.3 Å². The second-order valence-electron chi connectivity index (χ2n) is 11.1. The maximum atomic E-state index is 11.9. The van der Waals surface area contributed by atoms with Gasteiger partial charge >= 0.3 is 12.2 Å². The van der Waals surface area contributed by atoms with E-state index in [1.807, 2.05) is 53.7 Å². The molecular weight excluding hydrogens is 406 g/mol. The molecule has 7 heteroatoms. The molecule has 2 aliphatic rings. The minimum absolute atomic E-state index is 0.188. The van der Waals surface area contributed by atoms with Crippen molar-refractivity contribution in [3.8, 4) is 0 Å². The van der Waals surface area contributed by atoms with E-state index in [1.165, 1.54) is 18.4 Å². The van der Waals surface area contributed by atoms with Gasteiger partial charge in [0.1, 0.15) is 11.2 Å². The summed E-state index contributed by atoms with van der Waals surface area (Å²) in [6.45, 7) is 13.0. The third kappa shape index (κ3) is 7.40. The van der Waals surface area contributed by atoms with Crippen LogP contribution in [0.3, 0.4) is 0 Å². The first-order valence-corrected chi connectivity index (χ1v) is 11.7. The zero-order valence-electron chi connectivity index (χ0n) is 20.4. The summed E-state index contributed by atoms with van der Waals surface area (Å²) >= 11 is 0. The van der Waals surface area contributed by atoms with E-state index in [1.54, 1.807) is 0 Å². The van der Waals surface area contributed by atoms with Crippen LogP contribution >= 0.6 is 0 Å². The Hall–Kier alpha value is -2.28. The predicted molar refractivity (Wildman–Crippen MR) is 126 cm³/mol. The molecule has 3 rings (SSSR count). The third-order valence-electron chi connectivity index (χ3n) is 5.87. The average Bonchev–Trinajstić information content (AvgIpc) is 2.62. The summed E-state index contributed by atoms with van der Waals surface area (Å²) in [5, 5.41) is 5.75. The Morgan fingerprint density at radius 1 is 0.844 bits per heavy atom. The fraction of sp³-hybridized carbons (Fsp3) is 0.680. The number of anilines is 1. The second-order valence-corrected chi connectivity index (χ2v) is 11.1. The normalized spacial score (nSPS) is 22.6. The summed E-state index contributed by atoms with van der Waals surface area (Å²) in [4.78, 5) is 26.3. The van der Waals surface area contributed by atoms with E-state index in [-0.39, 0.29) is 12.1 Å². The van der Waals surface area contributed by atoms with Gasteiger partial charge in [-0.2, -0.15) is 0 Å². The molecule has 1 aromatic rings. The summed E-state index contributed by atoms with van der Waals surface area (Å²) in [7, 11) is 0. The van der Waals surface area contributed by atoms with Crippen LogP contribution < -0.4 is 10.6 Å². The first-order chi connectivity index (χ1) is 14.9. The maximum Gasteiger partial charge on any atom is 0.412 e. The number of carbonyl (C=O) groups is 2. The average molecular weight is 446 g/mol. The van der Waals surface area contributed by atoms with Crippen molar-refractivity contribution in [2.45, 2.75) is 96.4 Å². The van der Waals surface area contributed by atoms with Gasteiger partial charge in [-0.25, -0.2) is 9.59 Å². The molecule has 0 unspecified atom stereocenters. The van der Waals surface area contributed by atoms with Crippen molar-refractivity contribution < 1.29 is 19.1 Å². The van der Waals surface area contributed by atoms with Crippen molar-refractivity contribution in [3.05, 3.63) is 29.8 Å². The molecule has 1 aliphatic heterocycles. The highest BCUT2D eigenvalue weighted by atomic mass is 16.6. The number of benzene rings is 1. The number of amides is 2. The Bertz CT molecular complexity index is 781. The van der Waals surface area contributed by atoms with E-state index < -0.39 is 17.3 Å². The number of ether oxygens (including phenoxy) is 2. The summed E-state index contributed by atoms with van der Waals surface area (Å²) in [5.74, 6) is 0.554. The molecule has 0 spiro atoms. The van der Waals surface area contributed by atoms with Gasteiger partial charge in [-0.1, -0.05) is 12.1 Å². The fourth-order valence-electron chi connectivity index (χ4n) is 4.41. The van der Waals surface area contributed by atoms with Crippen molar-refractivity contribution in [1.82, 2.24) is 10.2 Å². The molecule has 0 bridgehead atoms. The molecule has 1 heterocycles. The molecule has 1 aliphatic carbocycles. The standard InChI is InChI=1S/C25H39N3O4/c1-24(2,3)31-22(29)26-19-11-7-17(8-12-19)18-9-13-21(14-10-18)28-15-20(16-28)27-23(30)32-25(4,5)6/h7-8,11-12,18,20-21H,9-10,13-16H2,1-6H3,(H,26,29)(H,27,30). The van der Waals surface area contributed by atoms with Gasteiger partial charge < -0.3 is 14.8 Å². The molecule has 0 radical (unpaired) electrons. The van der Waals surface area contributed by atoms with Gasteiger partial charge in [0.05, 0.1) is 6.04 Å². The number of nitrogens with zero attached hydrogens (tertiary/aromatic N) is 1. The van der Waals surface area contributed by atoms with Crippen LogP contribution in [0.15, 0.2) is 24.3 Å². The number of carbonyl (C=O) groups excluding carboxylic acids is 2. The minimum Gasteiger partial charge on any atom is -0.444 e. The summed E-state index contributed by atoms with van der Waals surface area (Å²) in [6, 6.07) is 8.91. The van der Waals surface area contributed by atoms with Crippen molar-refractivity contribution in [3.63, 3.8) is 0 Å². The van der Waals surface area contributed by atoms with E-state index in [9.17, 15) is 9.59 Å². The van der Waals surface area contributed by atoms with Crippen LogP contribution in [0.5, 0.6) is 0 Å². The fourth-order valence-corrected chi connectivity index (χ4v) is 4.41. The highest BCUT2D eigenvalue weighted by molar-refractivity contribution is 5.84. The molecule has 2 fully saturated rings. The molecule has 1 saturated carbocycles. The quantitative estimate of drug-likeness (QED) is 0.660. The van der Waals surface area contributed by atoms with Gasteiger partial charge in [0.2, 0.25) is 0 Å². The molecule has 1 saturated heterocycles. The van der Waals surface area contributed by atoms with Crippen molar-refractivity contribution >= 4 is 17.9 Å². The Morgan fingerprint density at radius 2 is 1.38 bits per heavy atom. The molecule has 2 N–H and O–H groups in total. The summed E-state index contributed by atoms with van der Waals surface area (Å²) in [6.07, 6.45) is 3.90. The SMILES string of the molecule is CC(C)(C)OC(=O)Nc1ccc(C2CCC(N3CC(NC(=O)OC(C)(C)C)C3)CC2)cc1. The zero-order chi connectivity index (χ0) is 23.5. The number of rotatable bonds is 4. The topological polar surface area (TPSA) is 79.9 Å². The zero-order valence-corrected chi connectivity index (χ0v) is 20.4. The van der Waals surface area contributed by atoms with Crippen molar-refractivity contribution in [2.24, 2.45) is 0 Å². The second kappa shape index (κ2) is 9.69. The molecule has 1 aromatic carbocycles. The van der Waals surface area contributed by atoms with Crippen LogP contribution in [0, 0.1) is 0 Å². The van der Waals surface area contributed by atoms with Crippen molar-refractivity contribution in [2.75, 3.05) is 18.4 Å². The number of likely N-dealkylation sites (tertiary alicyclic amines) is 1. The van der Waals surface area contributed by atoms with Gasteiger partial charge in [-0.15, -0.1) is 0 Å². The number of alkyl carbamates (subject to hydrolysis) is 1. The first-order valence-electron chi connectivity index (χ1n) is 11.7. The summed E-state index contributed by atoms with van der Waals surface area (Å²) in [5.41, 5.74) is 1.10. The minimum atomic E-state index is -0.509. The number of hydrogen-bond donors (Lipinski definition) is 2. The van der Waals surface area contributed by atoms with Gasteiger partial charge in [-0.3, -0.25) is 10.2 Å². The van der Waals surface area contributed by atoms with E-state index in [0.29, 0.717) is 12.0 Å². The molecule has 0 atom stereocenters. The lowest BCUT2D eigenvalue weighted by Crippen LogP contribution is -2.62. The predicted octanol–water partition coefficient (Wildman–Crippen LogP) is 5.27. The number of hydrogen-bond acceptors (Lipinski definition) is 5. The number of nitrogens with one attached hydrogen (secondary N) is 2. The highest BCUT2D eigenvalue weighted by Crippen LogP contribution is 2.36. The lowest BCUT2D eigenvalue weighted by Gasteiger charge is -2.46. The molecule has 7 nitrogen and oxygen atoms in total. The van der Waals surface area contributed by atoms with Gasteiger partial charge in [0.15, 0.2) is 0 Å². The van der Waals surface area contributed by atoms with Crippen LogP contribution in [0.1, 0.15) is 78.7 Å². The van der Waals surface area contributed by atoms with Gasteiger partial charge in [-0.05, 0) is 90.8 Å². The Balaban J connectivity index is 1.39. The van der Waals surface area contributed by atoms with Crippen molar-refractivity contribution in [1.29, 1.82) is 0 Å². The van der Waals surface area contributed by atoms with Crippen LogP contribution in [-0.2, 0) is 9.47 Å². The smallest absolute Gasteiger partial charge is 0.412 e. The molecule has 32 heavy (non-hydrogen) atoms. The van der Waals surface area contributed by atoms with Gasteiger partial charge in [0, 0.05) is 24.8 Å². The highest BCUT2D eigenvalue weighted by Gasteiger charge is 2.36. The van der Waals surface area contributed by atoms with E-state index in [4.69, 9.17) is 9.47 Å². The van der Waals surface area contributed by atoms with E-state index >= 15 is 0 Å².